The van der Waals surface area contributed by atoms with Gasteiger partial charge in [0.15, 0.2) is 0 Å². The normalized spacial score (nSPS) is 11.1. The first-order valence-corrected chi connectivity index (χ1v) is 8.29. The average Bonchev–Trinajstić information content (AvgIpc) is 2.51. The molecule has 0 aromatic heterocycles. The Hall–Kier alpha value is -1.52. The molecule has 0 amide bonds. The second-order valence-electron chi connectivity index (χ2n) is 4.77. The van der Waals surface area contributed by atoms with E-state index in [1.54, 1.807) is 18.3 Å². The number of phenols is 1. The van der Waals surface area contributed by atoms with Crippen LogP contribution < -0.4 is 4.90 Å². The number of halogens is 2. The van der Waals surface area contributed by atoms with Crippen LogP contribution in [0.4, 0.5) is 11.4 Å². The van der Waals surface area contributed by atoms with E-state index in [2.05, 4.69) is 39.7 Å². The molecule has 0 spiro atoms. The van der Waals surface area contributed by atoms with Gasteiger partial charge < -0.3 is 10.0 Å². The topological polar surface area (TPSA) is 35.8 Å². The number of anilines is 1. The van der Waals surface area contributed by atoms with Crippen LogP contribution in [0, 0.1) is 0 Å². The lowest BCUT2D eigenvalue weighted by Crippen LogP contribution is -2.21. The fraction of sp³-hybridized carbons (Fsp3) is 0.235. The van der Waals surface area contributed by atoms with Gasteiger partial charge in [-0.25, -0.2) is 0 Å². The van der Waals surface area contributed by atoms with E-state index in [1.165, 1.54) is 0 Å². The van der Waals surface area contributed by atoms with Crippen LogP contribution in [0.5, 0.6) is 5.75 Å². The summed E-state index contributed by atoms with van der Waals surface area (Å²) in [5.41, 5.74) is 2.42. The molecule has 0 atom stereocenters. The highest BCUT2D eigenvalue weighted by Gasteiger charge is 2.05. The summed E-state index contributed by atoms with van der Waals surface area (Å²) in [4.78, 5) is 6.53. The Morgan fingerprint density at radius 3 is 2.50 bits per heavy atom. The van der Waals surface area contributed by atoms with Crippen LogP contribution in [0.3, 0.4) is 0 Å². The van der Waals surface area contributed by atoms with Crippen LogP contribution in [-0.4, -0.2) is 24.4 Å². The molecule has 0 radical (unpaired) electrons. The van der Waals surface area contributed by atoms with Crippen LogP contribution in [0.2, 0.25) is 5.02 Å². The minimum Gasteiger partial charge on any atom is -0.507 e. The molecule has 0 aliphatic rings. The van der Waals surface area contributed by atoms with Crippen molar-refractivity contribution in [2.45, 2.75) is 13.8 Å². The summed E-state index contributed by atoms with van der Waals surface area (Å²) in [7, 11) is 0. The minimum atomic E-state index is 0.219. The number of aromatic hydroxyl groups is 1. The minimum absolute atomic E-state index is 0.219. The van der Waals surface area contributed by atoms with Crippen LogP contribution in [0.1, 0.15) is 19.4 Å². The molecule has 0 saturated carbocycles. The largest absolute Gasteiger partial charge is 0.507 e. The molecule has 1 N–H and O–H groups in total. The van der Waals surface area contributed by atoms with Gasteiger partial charge >= 0.3 is 0 Å². The summed E-state index contributed by atoms with van der Waals surface area (Å²) in [6.07, 6.45) is 1.64. The van der Waals surface area contributed by atoms with Gasteiger partial charge in [0.2, 0.25) is 0 Å². The lowest BCUT2D eigenvalue weighted by molar-refractivity contribution is 0.474. The summed E-state index contributed by atoms with van der Waals surface area (Å²) < 4.78 is 0.833. The Bertz CT molecular complexity index is 684. The van der Waals surface area contributed by atoms with Gasteiger partial charge in [-0.1, -0.05) is 11.6 Å². The zero-order valence-electron chi connectivity index (χ0n) is 12.6. The van der Waals surface area contributed by atoms with Crippen LogP contribution in [0.15, 0.2) is 45.9 Å². The third-order valence-corrected chi connectivity index (χ3v) is 4.63. The number of hydrogen-bond donors (Lipinski definition) is 1. The van der Waals surface area contributed by atoms with Crippen LogP contribution in [0.25, 0.3) is 0 Å². The van der Waals surface area contributed by atoms with Gasteiger partial charge in [-0.3, -0.25) is 4.99 Å². The predicted molar refractivity (Wildman–Crippen MR) is 98.1 cm³/mol. The molecule has 0 aliphatic heterocycles. The van der Waals surface area contributed by atoms with E-state index in [1.807, 2.05) is 24.3 Å². The smallest absolute Gasteiger partial charge is 0.126 e. The molecule has 0 unspecified atom stereocenters. The van der Waals surface area contributed by atoms with Gasteiger partial charge in [-0.15, -0.1) is 0 Å². The van der Waals surface area contributed by atoms with Gasteiger partial charge in [0, 0.05) is 41.1 Å². The Balaban J connectivity index is 2.22. The Kier molecular flexibility index (Phi) is 5.86. The second kappa shape index (κ2) is 7.65. The Morgan fingerprint density at radius 2 is 1.91 bits per heavy atom. The molecule has 2 aromatic rings. The maximum atomic E-state index is 10.2. The van der Waals surface area contributed by atoms with Crippen molar-refractivity contribution >= 4 is 45.1 Å². The number of benzene rings is 2. The molecular formula is C17H18BrClN2O. The molecule has 2 aromatic carbocycles. The van der Waals surface area contributed by atoms with E-state index in [-0.39, 0.29) is 5.75 Å². The monoisotopic (exact) mass is 380 g/mol. The summed E-state index contributed by atoms with van der Waals surface area (Å²) in [5.74, 6) is 0.219. The van der Waals surface area contributed by atoms with E-state index in [4.69, 9.17) is 11.6 Å². The molecule has 5 heteroatoms. The van der Waals surface area contributed by atoms with Gasteiger partial charge in [-0.05, 0) is 60.1 Å². The van der Waals surface area contributed by atoms with Gasteiger partial charge in [0.05, 0.1) is 10.7 Å². The first-order valence-electron chi connectivity index (χ1n) is 7.12. The number of hydrogen-bond acceptors (Lipinski definition) is 3. The summed E-state index contributed by atoms with van der Waals surface area (Å²) in [6.45, 7) is 5.99. The second-order valence-corrected chi connectivity index (χ2v) is 6.03. The maximum absolute atomic E-state index is 10.2. The molecule has 3 nitrogen and oxygen atoms in total. The fourth-order valence-corrected chi connectivity index (χ4v) is 2.56. The summed E-state index contributed by atoms with van der Waals surface area (Å²) >= 11 is 9.38. The molecule has 116 valence electrons. The lowest BCUT2D eigenvalue weighted by Gasteiger charge is -2.21. The fourth-order valence-electron chi connectivity index (χ4n) is 2.14. The van der Waals surface area contributed by atoms with E-state index in [9.17, 15) is 5.11 Å². The molecule has 0 aliphatic carbocycles. The quantitative estimate of drug-likeness (QED) is 0.703. The molecule has 2 rings (SSSR count). The zero-order chi connectivity index (χ0) is 16.1. The van der Waals surface area contributed by atoms with E-state index < -0.39 is 0 Å². The van der Waals surface area contributed by atoms with Crippen molar-refractivity contribution in [3.63, 3.8) is 0 Å². The molecule has 0 fully saturated rings. The first kappa shape index (κ1) is 16.8. The van der Waals surface area contributed by atoms with Crippen molar-refractivity contribution in [3.05, 3.63) is 51.5 Å². The van der Waals surface area contributed by atoms with Crippen molar-refractivity contribution in [3.8, 4) is 5.75 Å². The number of nitrogens with zero attached hydrogens (tertiary/aromatic N) is 2. The summed E-state index contributed by atoms with van der Waals surface area (Å²) in [5, 5.41) is 10.8. The first-order chi connectivity index (χ1) is 10.5. The summed E-state index contributed by atoms with van der Waals surface area (Å²) in [6, 6.07) is 11.1. The third kappa shape index (κ3) is 4.02. The molecule has 0 bridgehead atoms. The van der Waals surface area contributed by atoms with Gasteiger partial charge in [-0.2, -0.15) is 0 Å². The van der Waals surface area contributed by atoms with Crippen molar-refractivity contribution in [1.29, 1.82) is 0 Å². The maximum Gasteiger partial charge on any atom is 0.126 e. The van der Waals surface area contributed by atoms with E-state index >= 15 is 0 Å². The molecule has 0 saturated heterocycles. The van der Waals surface area contributed by atoms with Crippen molar-refractivity contribution in [1.82, 2.24) is 0 Å². The average molecular weight is 382 g/mol. The highest BCUT2D eigenvalue weighted by atomic mass is 79.9. The highest BCUT2D eigenvalue weighted by molar-refractivity contribution is 9.10. The Morgan fingerprint density at radius 1 is 1.18 bits per heavy atom. The van der Waals surface area contributed by atoms with Crippen LogP contribution in [-0.2, 0) is 0 Å². The predicted octanol–water partition coefficient (Wildman–Crippen LogP) is 5.40. The van der Waals surface area contributed by atoms with Gasteiger partial charge in [0.1, 0.15) is 5.75 Å². The van der Waals surface area contributed by atoms with Crippen molar-refractivity contribution < 1.29 is 5.11 Å². The highest BCUT2D eigenvalue weighted by Crippen LogP contribution is 2.28. The lowest BCUT2D eigenvalue weighted by atomic mass is 10.2. The number of rotatable bonds is 5. The zero-order valence-corrected chi connectivity index (χ0v) is 14.9. The molecule has 22 heavy (non-hydrogen) atoms. The van der Waals surface area contributed by atoms with E-state index in [0.29, 0.717) is 10.6 Å². The van der Waals surface area contributed by atoms with Crippen molar-refractivity contribution in [2.24, 2.45) is 4.99 Å². The van der Waals surface area contributed by atoms with Crippen molar-refractivity contribution in [2.75, 3.05) is 18.0 Å². The standard InChI is InChI=1S/C17H18BrClN2O/c1-3-21(4-2)14-7-5-12(17(22)10-14)11-20-13-6-8-15(18)16(19)9-13/h5-11,22H,3-4H2,1-2H3. The third-order valence-electron chi connectivity index (χ3n) is 3.40. The van der Waals surface area contributed by atoms with Gasteiger partial charge in [0.25, 0.3) is 0 Å². The molecular weight excluding hydrogens is 364 g/mol. The van der Waals surface area contributed by atoms with Crippen LogP contribution >= 0.6 is 27.5 Å². The molecule has 0 heterocycles. The number of phenolic OH excluding ortho intramolecular Hbond substituents is 1. The number of aliphatic imine (C=N–C) groups is 1. The Labute approximate surface area is 144 Å². The SMILES string of the molecule is CCN(CC)c1ccc(C=Nc2ccc(Br)c(Cl)c2)c(O)c1. The van der Waals surface area contributed by atoms with E-state index in [0.717, 1.165) is 28.9 Å².